The lowest BCUT2D eigenvalue weighted by molar-refractivity contribution is 0.487. The number of hydrogen-bond acceptors (Lipinski definition) is 3. The second-order valence-corrected chi connectivity index (χ2v) is 7.30. The van der Waals surface area contributed by atoms with Crippen LogP contribution in [0.3, 0.4) is 0 Å². The minimum absolute atomic E-state index is 0.0303. The van der Waals surface area contributed by atoms with Gasteiger partial charge in [-0.15, -0.1) is 0 Å². The van der Waals surface area contributed by atoms with Crippen molar-refractivity contribution in [3.05, 3.63) is 29.8 Å². The van der Waals surface area contributed by atoms with Crippen LogP contribution in [0, 0.1) is 5.92 Å². The normalized spacial score (nSPS) is 17.7. The first-order valence-corrected chi connectivity index (χ1v) is 8.24. The van der Waals surface area contributed by atoms with Crippen LogP contribution in [0.5, 0.6) is 0 Å². The predicted octanol–water partition coefficient (Wildman–Crippen LogP) is 1.65. The summed E-state index contributed by atoms with van der Waals surface area (Å²) in [4.78, 5) is 0.373. The summed E-state index contributed by atoms with van der Waals surface area (Å²) >= 11 is 0. The highest BCUT2D eigenvalue weighted by atomic mass is 32.2. The van der Waals surface area contributed by atoms with E-state index in [2.05, 4.69) is 4.72 Å². The highest BCUT2D eigenvalue weighted by Gasteiger charge is 2.29. The first kappa shape index (κ1) is 14.5. The van der Waals surface area contributed by atoms with E-state index in [0.717, 1.165) is 18.4 Å². The van der Waals surface area contributed by atoms with Gasteiger partial charge in [-0.1, -0.05) is 32.0 Å². The van der Waals surface area contributed by atoms with Crippen molar-refractivity contribution >= 4 is 10.0 Å². The molecule has 5 heteroatoms. The first-order valence-electron chi connectivity index (χ1n) is 6.76. The molecular formula is C14H22N2O2S. The third-order valence-electron chi connectivity index (χ3n) is 3.47. The van der Waals surface area contributed by atoms with Gasteiger partial charge in [-0.3, -0.25) is 0 Å². The minimum Gasteiger partial charge on any atom is -0.327 e. The van der Waals surface area contributed by atoms with Crippen LogP contribution >= 0.6 is 0 Å². The third kappa shape index (κ3) is 3.78. The molecule has 0 aromatic heterocycles. The monoisotopic (exact) mass is 282 g/mol. The van der Waals surface area contributed by atoms with Crippen LogP contribution in [0.2, 0.25) is 0 Å². The van der Waals surface area contributed by atoms with Gasteiger partial charge in [0, 0.05) is 12.1 Å². The van der Waals surface area contributed by atoms with Crippen LogP contribution in [0.15, 0.2) is 29.2 Å². The first-order chi connectivity index (χ1) is 8.90. The maximum atomic E-state index is 12.3. The molecule has 1 fully saturated rings. The summed E-state index contributed by atoms with van der Waals surface area (Å²) < 4.78 is 27.3. The zero-order valence-corrected chi connectivity index (χ0v) is 12.3. The van der Waals surface area contributed by atoms with E-state index in [9.17, 15) is 8.42 Å². The lowest BCUT2D eigenvalue weighted by Crippen LogP contribution is -2.31. The average Bonchev–Trinajstić information content (AvgIpc) is 3.12. The zero-order chi connectivity index (χ0) is 14.0. The molecule has 106 valence electrons. The molecule has 0 radical (unpaired) electrons. The van der Waals surface area contributed by atoms with Gasteiger partial charge < -0.3 is 5.73 Å². The second kappa shape index (κ2) is 5.61. The van der Waals surface area contributed by atoms with Crippen LogP contribution in [-0.2, 0) is 16.4 Å². The molecule has 4 nitrogen and oxygen atoms in total. The summed E-state index contributed by atoms with van der Waals surface area (Å²) in [5, 5.41) is 0. The number of nitrogens with one attached hydrogen (secondary N) is 1. The van der Waals surface area contributed by atoms with Crippen molar-refractivity contribution in [3.8, 4) is 0 Å². The number of nitrogens with two attached hydrogens (primary N) is 1. The Balaban J connectivity index is 2.24. The van der Waals surface area contributed by atoms with Gasteiger partial charge in [0.15, 0.2) is 0 Å². The zero-order valence-electron chi connectivity index (χ0n) is 11.5. The Labute approximate surface area is 115 Å². The van der Waals surface area contributed by atoms with Crippen molar-refractivity contribution in [2.75, 3.05) is 0 Å². The van der Waals surface area contributed by atoms with Gasteiger partial charge in [0.05, 0.1) is 4.90 Å². The van der Waals surface area contributed by atoms with Crippen molar-refractivity contribution < 1.29 is 8.42 Å². The molecule has 0 spiro atoms. The van der Waals surface area contributed by atoms with E-state index in [4.69, 9.17) is 5.73 Å². The summed E-state index contributed by atoms with van der Waals surface area (Å²) in [7, 11) is -3.40. The molecule has 1 atom stereocenters. The van der Waals surface area contributed by atoms with E-state index in [1.54, 1.807) is 12.1 Å². The molecule has 0 heterocycles. The van der Waals surface area contributed by atoms with Gasteiger partial charge in [0.1, 0.15) is 0 Å². The molecule has 1 aromatic carbocycles. The van der Waals surface area contributed by atoms with Gasteiger partial charge in [0.25, 0.3) is 0 Å². The van der Waals surface area contributed by atoms with Gasteiger partial charge in [-0.25, -0.2) is 13.1 Å². The largest absolute Gasteiger partial charge is 0.327 e. The molecule has 0 aliphatic heterocycles. The maximum Gasteiger partial charge on any atom is 0.241 e. The molecule has 1 aliphatic carbocycles. The summed E-state index contributed by atoms with van der Waals surface area (Å²) in [6.45, 7) is 4.09. The smallest absolute Gasteiger partial charge is 0.241 e. The molecule has 1 saturated carbocycles. The molecular weight excluding hydrogens is 260 g/mol. The fraction of sp³-hybridized carbons (Fsp3) is 0.571. The highest BCUT2D eigenvalue weighted by molar-refractivity contribution is 7.89. The van der Waals surface area contributed by atoms with E-state index >= 15 is 0 Å². The molecule has 0 bridgehead atoms. The van der Waals surface area contributed by atoms with Crippen molar-refractivity contribution in [2.45, 2.75) is 50.1 Å². The number of sulfonamides is 1. The standard InChI is InChI=1S/C14H22N2O2S/c1-10(2)13(15)9-11-5-3-4-6-14(11)19(17,18)16-12-7-8-12/h3-6,10,12-13,16H,7-9,15H2,1-2H3. The molecule has 0 amide bonds. The summed E-state index contributed by atoms with van der Waals surface area (Å²) in [5.41, 5.74) is 6.86. The Morgan fingerprint density at radius 2 is 1.95 bits per heavy atom. The van der Waals surface area contributed by atoms with E-state index in [0.29, 0.717) is 17.2 Å². The average molecular weight is 282 g/mol. The van der Waals surface area contributed by atoms with Gasteiger partial charge in [0.2, 0.25) is 10.0 Å². The van der Waals surface area contributed by atoms with Crippen LogP contribution < -0.4 is 10.5 Å². The van der Waals surface area contributed by atoms with Gasteiger partial charge in [-0.2, -0.15) is 0 Å². The van der Waals surface area contributed by atoms with E-state index < -0.39 is 10.0 Å². The molecule has 3 N–H and O–H groups in total. The van der Waals surface area contributed by atoms with Crippen molar-refractivity contribution in [1.29, 1.82) is 0 Å². The number of rotatable bonds is 6. The summed E-state index contributed by atoms with van der Waals surface area (Å²) in [6, 6.07) is 7.22. The van der Waals surface area contributed by atoms with Crippen molar-refractivity contribution in [3.63, 3.8) is 0 Å². The predicted molar refractivity (Wildman–Crippen MR) is 76.3 cm³/mol. The topological polar surface area (TPSA) is 72.2 Å². The molecule has 1 aliphatic rings. The van der Waals surface area contributed by atoms with Crippen molar-refractivity contribution in [1.82, 2.24) is 4.72 Å². The Bertz CT molecular complexity index is 536. The fourth-order valence-corrected chi connectivity index (χ4v) is 3.46. The highest BCUT2D eigenvalue weighted by Crippen LogP contribution is 2.24. The Kier molecular flexibility index (Phi) is 4.28. The molecule has 19 heavy (non-hydrogen) atoms. The lowest BCUT2D eigenvalue weighted by atomic mass is 9.97. The molecule has 2 rings (SSSR count). The Morgan fingerprint density at radius 3 is 2.53 bits per heavy atom. The van der Waals surface area contributed by atoms with Crippen LogP contribution in [0.4, 0.5) is 0 Å². The minimum atomic E-state index is -3.40. The summed E-state index contributed by atoms with van der Waals surface area (Å²) in [6.07, 6.45) is 2.46. The van der Waals surface area contributed by atoms with E-state index in [1.807, 2.05) is 26.0 Å². The Hall–Kier alpha value is -0.910. The summed E-state index contributed by atoms with van der Waals surface area (Å²) in [5.74, 6) is 0.326. The SMILES string of the molecule is CC(C)C(N)Cc1ccccc1S(=O)(=O)NC1CC1. The van der Waals surface area contributed by atoms with E-state index in [1.165, 1.54) is 0 Å². The maximum absolute atomic E-state index is 12.3. The number of benzene rings is 1. The van der Waals surface area contributed by atoms with Crippen LogP contribution in [0.25, 0.3) is 0 Å². The van der Waals surface area contributed by atoms with Crippen LogP contribution in [0.1, 0.15) is 32.3 Å². The number of hydrogen-bond donors (Lipinski definition) is 2. The van der Waals surface area contributed by atoms with Gasteiger partial charge in [-0.05, 0) is 36.8 Å². The fourth-order valence-electron chi connectivity index (χ4n) is 1.91. The third-order valence-corrected chi connectivity index (χ3v) is 5.09. The van der Waals surface area contributed by atoms with E-state index in [-0.39, 0.29) is 12.1 Å². The quantitative estimate of drug-likeness (QED) is 0.833. The lowest BCUT2D eigenvalue weighted by Gasteiger charge is -2.18. The molecule has 1 aromatic rings. The molecule has 0 saturated heterocycles. The Morgan fingerprint density at radius 1 is 1.32 bits per heavy atom. The van der Waals surface area contributed by atoms with Gasteiger partial charge >= 0.3 is 0 Å². The second-order valence-electron chi connectivity index (χ2n) is 5.62. The van der Waals surface area contributed by atoms with Crippen LogP contribution in [-0.4, -0.2) is 20.5 Å². The molecule has 1 unspecified atom stereocenters. The van der Waals surface area contributed by atoms with Crippen molar-refractivity contribution in [2.24, 2.45) is 11.7 Å².